The maximum atomic E-state index is 10.0. The minimum atomic E-state index is -3.17. The summed E-state index contributed by atoms with van der Waals surface area (Å²) in [6.07, 6.45) is 0. The fraction of sp³-hybridized carbons (Fsp3) is 1.00. The van der Waals surface area contributed by atoms with E-state index in [4.69, 9.17) is 5.11 Å². The predicted molar refractivity (Wildman–Crippen MR) is 24.5 cm³/mol. The molecule has 0 aliphatic heterocycles. The maximum absolute atomic E-state index is 10.0. The highest BCUT2D eigenvalue weighted by Crippen LogP contribution is 2.32. The molecule has 0 saturated heterocycles. The quantitative estimate of drug-likeness (QED) is 0.460. The molecular weight excluding hydrogens is 170 g/mol. The van der Waals surface area contributed by atoms with Crippen LogP contribution in [0.15, 0.2) is 0 Å². The minimum Gasteiger partial charge on any atom is -0.563 e. The summed E-state index contributed by atoms with van der Waals surface area (Å²) in [7, 11) is -5.89. The van der Waals surface area contributed by atoms with Crippen molar-refractivity contribution in [3.8, 4) is 0 Å². The van der Waals surface area contributed by atoms with Crippen LogP contribution in [0.2, 0.25) is 0 Å². The molecule has 0 aromatic heterocycles. The number of aliphatic hydroxyl groups is 1. The van der Waals surface area contributed by atoms with Crippen LogP contribution in [0, 0.1) is 0 Å². The van der Waals surface area contributed by atoms with Crippen molar-refractivity contribution in [2.75, 3.05) is 6.79 Å². The van der Waals surface area contributed by atoms with Crippen LogP contribution in [-0.2, 0) is 18.0 Å². The Morgan fingerprint density at radius 2 is 2.11 bits per heavy atom. The van der Waals surface area contributed by atoms with Gasteiger partial charge in [0.2, 0.25) is 6.79 Å². The highest BCUT2D eigenvalue weighted by Gasteiger charge is 2.29. The lowest BCUT2D eigenvalue weighted by molar-refractivity contribution is -0.178. The molecule has 0 aliphatic carbocycles. The van der Waals surface area contributed by atoms with Gasteiger partial charge in [0.25, 0.3) is 0 Å². The van der Waals surface area contributed by atoms with Gasteiger partial charge in [-0.05, 0) is 4.57 Å². The van der Waals surface area contributed by atoms with Crippen molar-refractivity contribution >= 4 is 16.5 Å². The normalized spacial score (nSPS) is 13.1. The average molecular weight is 173 g/mol. The van der Waals surface area contributed by atoms with Crippen LogP contribution < -0.4 is 4.89 Å². The molecule has 0 aromatic rings. The summed E-state index contributed by atoms with van der Waals surface area (Å²) >= 11 is 0. The lowest BCUT2D eigenvalue weighted by atomic mass is 11.6. The van der Waals surface area contributed by atoms with Gasteiger partial charge in [-0.25, -0.2) is 0 Å². The maximum Gasteiger partial charge on any atom is 0.747 e. The van der Waals surface area contributed by atoms with E-state index in [1.54, 1.807) is 0 Å². The molecule has 0 bridgehead atoms. The van der Waals surface area contributed by atoms with Crippen molar-refractivity contribution < 1.29 is 28.0 Å². The van der Waals surface area contributed by atoms with Crippen LogP contribution in [0.3, 0.4) is 0 Å². The van der Waals surface area contributed by atoms with E-state index >= 15 is 0 Å². The first-order valence-corrected chi connectivity index (χ1v) is 3.89. The zero-order valence-corrected chi connectivity index (χ0v) is 5.88. The zero-order valence-electron chi connectivity index (χ0n) is 4.09. The van der Waals surface area contributed by atoms with Gasteiger partial charge < -0.3 is 10.00 Å². The van der Waals surface area contributed by atoms with E-state index in [-0.39, 0.29) is 0 Å². The Kier molecular flexibility index (Phi) is 4.90. The van der Waals surface area contributed by atoms with Crippen molar-refractivity contribution in [2.45, 2.75) is 0 Å². The van der Waals surface area contributed by atoms with Crippen molar-refractivity contribution in [3.63, 3.8) is 0 Å². The van der Waals surface area contributed by atoms with Crippen LogP contribution in [0.5, 0.6) is 0 Å². The third-order valence-corrected chi connectivity index (χ3v) is 1.69. The molecule has 0 spiro atoms. The summed E-state index contributed by atoms with van der Waals surface area (Å²) in [5.41, 5.74) is 0. The molecule has 1 N–H and O–H groups in total. The highest BCUT2D eigenvalue weighted by atomic mass is 31.2. The van der Waals surface area contributed by atoms with E-state index in [0.717, 1.165) is 0 Å². The van der Waals surface area contributed by atoms with Crippen molar-refractivity contribution in [3.05, 3.63) is 0 Å². The van der Waals surface area contributed by atoms with Gasteiger partial charge >= 0.3 is 16.5 Å². The molecule has 2 atom stereocenters. The molecule has 0 amide bonds. The molecule has 0 rings (SSSR count). The Hall–Kier alpha value is 0.0400. The lowest BCUT2D eigenvalue weighted by Gasteiger charge is -1.74. The van der Waals surface area contributed by atoms with E-state index in [1.165, 1.54) is 0 Å². The molecule has 0 fully saturated rings. The summed E-state index contributed by atoms with van der Waals surface area (Å²) in [6.45, 7) is -0.835. The summed E-state index contributed by atoms with van der Waals surface area (Å²) < 4.78 is 27.0. The predicted octanol–water partition coefficient (Wildman–Crippen LogP) is -0.356. The molecule has 9 heavy (non-hydrogen) atoms. The first-order chi connectivity index (χ1) is 4.16. The summed E-state index contributed by atoms with van der Waals surface area (Å²) in [6, 6.07) is 0. The Morgan fingerprint density at radius 1 is 1.56 bits per heavy atom. The van der Waals surface area contributed by atoms with Gasteiger partial charge in [-0.1, -0.05) is 4.52 Å². The number of hydrogen-bond acceptors (Lipinski definition) is 6. The monoisotopic (exact) mass is 173 g/mol. The van der Waals surface area contributed by atoms with E-state index in [2.05, 4.69) is 8.83 Å². The average Bonchev–Trinajstić information content (AvgIpc) is 1.63. The van der Waals surface area contributed by atoms with Gasteiger partial charge in [0.15, 0.2) is 0 Å². The smallest absolute Gasteiger partial charge is 0.563 e. The second kappa shape index (κ2) is 4.88. The standard InChI is InChI=1S/CH3O6P2/c2-1-6-9(5)7-8(3)4/h2H,1H2/q+1. The second-order valence-corrected chi connectivity index (χ2v) is 2.59. The minimum absolute atomic E-state index is 0.835. The third-order valence-electron chi connectivity index (χ3n) is 0.296. The Balaban J connectivity index is 3.39. The van der Waals surface area contributed by atoms with Crippen LogP contribution >= 0.6 is 16.5 Å². The number of hydrogen-bond donors (Lipinski definition) is 1. The molecular formula is CH3O6P2+. The van der Waals surface area contributed by atoms with Gasteiger partial charge in [-0.2, -0.15) is 0 Å². The summed E-state index contributed by atoms with van der Waals surface area (Å²) in [5, 5.41) is 7.87. The van der Waals surface area contributed by atoms with E-state index in [9.17, 15) is 14.0 Å². The molecule has 2 unspecified atom stereocenters. The summed E-state index contributed by atoms with van der Waals surface area (Å²) in [5.74, 6) is 0. The van der Waals surface area contributed by atoms with E-state index in [0.29, 0.717) is 0 Å². The number of aliphatic hydroxyl groups excluding tert-OH is 1. The number of rotatable bonds is 4. The SMILES string of the molecule is O=[P+]([O-])O[P+](=O)OCO. The largest absolute Gasteiger partial charge is 0.747 e. The van der Waals surface area contributed by atoms with Crippen LogP contribution in [-0.4, -0.2) is 11.9 Å². The van der Waals surface area contributed by atoms with Gasteiger partial charge in [0.1, 0.15) is 4.31 Å². The second-order valence-electron chi connectivity index (χ2n) is 0.787. The van der Waals surface area contributed by atoms with Crippen molar-refractivity contribution in [2.24, 2.45) is 0 Å². The van der Waals surface area contributed by atoms with E-state index in [1.807, 2.05) is 0 Å². The molecule has 0 radical (unpaired) electrons. The van der Waals surface area contributed by atoms with Gasteiger partial charge in [-0.15, -0.1) is 0 Å². The van der Waals surface area contributed by atoms with E-state index < -0.39 is 23.3 Å². The van der Waals surface area contributed by atoms with Crippen LogP contribution in [0.25, 0.3) is 0 Å². The highest BCUT2D eigenvalue weighted by molar-refractivity contribution is 7.46. The van der Waals surface area contributed by atoms with Crippen LogP contribution in [0.4, 0.5) is 0 Å². The molecule has 0 heterocycles. The fourth-order valence-corrected chi connectivity index (χ4v) is 0.843. The molecule has 52 valence electrons. The molecule has 6 nitrogen and oxygen atoms in total. The van der Waals surface area contributed by atoms with Crippen molar-refractivity contribution in [1.82, 2.24) is 0 Å². The van der Waals surface area contributed by atoms with Gasteiger partial charge in [0.05, 0.1) is 0 Å². The lowest BCUT2D eigenvalue weighted by Crippen LogP contribution is -1.87. The topological polar surface area (TPSA) is 95.9 Å². The summed E-state index contributed by atoms with van der Waals surface area (Å²) in [4.78, 5) is 9.55. The van der Waals surface area contributed by atoms with Gasteiger partial charge in [0, 0.05) is 4.57 Å². The van der Waals surface area contributed by atoms with Crippen LogP contribution in [0.1, 0.15) is 0 Å². The van der Waals surface area contributed by atoms with Crippen molar-refractivity contribution in [1.29, 1.82) is 0 Å². The molecule has 0 aromatic carbocycles. The first kappa shape index (κ1) is 9.04. The van der Waals surface area contributed by atoms with Gasteiger partial charge in [-0.3, -0.25) is 0 Å². The molecule has 0 saturated carbocycles. The Labute approximate surface area is 52.3 Å². The first-order valence-electron chi connectivity index (χ1n) is 1.70. The zero-order chi connectivity index (χ0) is 7.28. The Bertz CT molecular complexity index is 120. The fourth-order valence-electron chi connectivity index (χ4n) is 0.125. The third kappa shape index (κ3) is 5.92. The molecule has 0 aliphatic rings. The molecule has 8 heteroatoms. The Morgan fingerprint density at radius 3 is 2.44 bits per heavy atom.